The van der Waals surface area contributed by atoms with Crippen LogP contribution in [0.1, 0.15) is 55.4 Å². The summed E-state index contributed by atoms with van der Waals surface area (Å²) in [6.07, 6.45) is 4.94. The number of H-pyrrole nitrogens is 1. The fraction of sp³-hybridized carbons (Fsp3) is 0.556. The highest BCUT2D eigenvalue weighted by molar-refractivity contribution is 6.02. The molecule has 1 unspecified atom stereocenters. The van der Waals surface area contributed by atoms with Crippen molar-refractivity contribution in [3.63, 3.8) is 0 Å². The summed E-state index contributed by atoms with van der Waals surface area (Å²) >= 11 is 0. The molecule has 1 aromatic heterocycles. The number of aromatic nitrogens is 1. The Balaban J connectivity index is 1.39. The fourth-order valence-corrected chi connectivity index (χ4v) is 6.49. The van der Waals surface area contributed by atoms with E-state index in [0.29, 0.717) is 30.8 Å². The van der Waals surface area contributed by atoms with E-state index < -0.39 is 24.5 Å². The Bertz CT molecular complexity index is 1190. The van der Waals surface area contributed by atoms with Crippen molar-refractivity contribution in [2.45, 2.75) is 57.0 Å². The zero-order valence-corrected chi connectivity index (χ0v) is 20.5. The zero-order chi connectivity index (χ0) is 25.4. The second-order valence-corrected chi connectivity index (χ2v) is 10.3. The number of hydrogen-bond donors (Lipinski definition) is 3. The number of nitrogens with one attached hydrogen (secondary N) is 2. The van der Waals surface area contributed by atoms with Gasteiger partial charge < -0.3 is 25.0 Å². The number of ether oxygens (including phenoxy) is 1. The molecule has 0 spiro atoms. The summed E-state index contributed by atoms with van der Waals surface area (Å²) in [7, 11) is 1.58. The summed E-state index contributed by atoms with van der Waals surface area (Å²) in [6.45, 7) is -0.226. The number of nitrogens with zero attached hydrogens (tertiary/aromatic N) is 1. The van der Waals surface area contributed by atoms with Crippen LogP contribution in [0.4, 0.5) is 0 Å². The molecule has 2 amide bonds. The molecule has 9 nitrogen and oxygen atoms in total. The number of carbonyl (C=O) groups excluding carboxylic acids is 4. The van der Waals surface area contributed by atoms with Gasteiger partial charge in [0.05, 0.1) is 13.2 Å². The number of aliphatic hydroxyl groups is 1. The van der Waals surface area contributed by atoms with Crippen molar-refractivity contribution >= 4 is 34.3 Å². The highest BCUT2D eigenvalue weighted by Gasteiger charge is 2.50. The third-order valence-corrected chi connectivity index (χ3v) is 8.31. The molecule has 3 aliphatic rings. The zero-order valence-electron chi connectivity index (χ0n) is 20.5. The van der Waals surface area contributed by atoms with Crippen LogP contribution >= 0.6 is 0 Å². The number of carbonyl (C=O) groups is 4. The summed E-state index contributed by atoms with van der Waals surface area (Å²) in [4.78, 5) is 56.8. The minimum absolute atomic E-state index is 0.0193. The number of hydrogen-bond acceptors (Lipinski definition) is 6. The van der Waals surface area contributed by atoms with Gasteiger partial charge in [-0.05, 0) is 62.1 Å². The van der Waals surface area contributed by atoms with Gasteiger partial charge in [-0.3, -0.25) is 19.2 Å². The molecule has 1 saturated heterocycles. The lowest BCUT2D eigenvalue weighted by Gasteiger charge is -2.29. The number of amides is 2. The van der Waals surface area contributed by atoms with Crippen LogP contribution in [-0.4, -0.2) is 70.7 Å². The number of aliphatic hydroxyl groups excluding tert-OH is 1. The molecule has 192 valence electrons. The van der Waals surface area contributed by atoms with E-state index in [1.165, 1.54) is 0 Å². The molecule has 2 heterocycles. The van der Waals surface area contributed by atoms with E-state index in [2.05, 4.69) is 10.3 Å². The van der Waals surface area contributed by atoms with Crippen LogP contribution in [0, 0.1) is 17.8 Å². The molecule has 2 aliphatic carbocycles. The van der Waals surface area contributed by atoms with Gasteiger partial charge in [0.25, 0.3) is 5.91 Å². The second-order valence-electron chi connectivity index (χ2n) is 10.3. The van der Waals surface area contributed by atoms with E-state index in [1.54, 1.807) is 18.1 Å². The normalized spacial score (nSPS) is 26.3. The Morgan fingerprint density at radius 2 is 2.06 bits per heavy atom. The van der Waals surface area contributed by atoms with Gasteiger partial charge in [0, 0.05) is 29.8 Å². The van der Waals surface area contributed by atoms with Gasteiger partial charge >= 0.3 is 0 Å². The van der Waals surface area contributed by atoms with Gasteiger partial charge in [-0.2, -0.15) is 0 Å². The number of methoxy groups -OCH3 is 1. The summed E-state index contributed by atoms with van der Waals surface area (Å²) < 4.78 is 5.42. The standard InChI is InChI=1S/C27H33N3O6/c1-36-24-10-4-8-19-18(24)12-21(28-19)27(35)30-13-16-6-2-7-17(16)25(30)26(34)29-20(23(33)14-31)11-15-5-3-9-22(15)32/h4,8,10,12,15-17,20,25,28,31H,2-3,5-7,9,11,13-14H2,1H3,(H,29,34)/t15?,16-,17-,20-,25-/m0/s1. The molecule has 1 aromatic carbocycles. The molecule has 5 rings (SSSR count). The smallest absolute Gasteiger partial charge is 0.271 e. The highest BCUT2D eigenvalue weighted by atomic mass is 16.5. The number of benzene rings is 1. The maximum atomic E-state index is 13.7. The van der Waals surface area contributed by atoms with E-state index in [0.717, 1.165) is 36.6 Å². The van der Waals surface area contributed by atoms with Crippen LogP contribution in [-0.2, 0) is 14.4 Å². The van der Waals surface area contributed by atoms with Gasteiger partial charge in [0.15, 0.2) is 5.78 Å². The average Bonchev–Trinajstić information content (AvgIpc) is 3.66. The number of aromatic amines is 1. The van der Waals surface area contributed by atoms with E-state index in [4.69, 9.17) is 4.74 Å². The SMILES string of the molecule is COc1cccc2[nH]c(C(=O)N3C[C@@H]4CCC[C@@H]4[C@H]3C(=O)N[C@@H](CC3CCCC3=O)C(=O)CO)cc12. The Labute approximate surface area is 209 Å². The van der Waals surface area contributed by atoms with Gasteiger partial charge in [-0.25, -0.2) is 0 Å². The summed E-state index contributed by atoms with van der Waals surface area (Å²) in [5.74, 6) is -0.442. The minimum atomic E-state index is -0.940. The predicted octanol–water partition coefficient (Wildman–Crippen LogP) is 2.22. The highest BCUT2D eigenvalue weighted by Crippen LogP contribution is 2.43. The maximum Gasteiger partial charge on any atom is 0.271 e. The third kappa shape index (κ3) is 4.40. The summed E-state index contributed by atoms with van der Waals surface area (Å²) in [5, 5.41) is 13.1. The average molecular weight is 496 g/mol. The molecule has 9 heteroatoms. The first-order chi connectivity index (χ1) is 17.4. The van der Waals surface area contributed by atoms with Crippen molar-refractivity contribution < 1.29 is 29.0 Å². The van der Waals surface area contributed by atoms with E-state index in [1.807, 2.05) is 18.2 Å². The molecule has 2 saturated carbocycles. The molecule has 1 aliphatic heterocycles. The molecule has 0 radical (unpaired) electrons. The largest absolute Gasteiger partial charge is 0.496 e. The quantitative estimate of drug-likeness (QED) is 0.515. The van der Waals surface area contributed by atoms with E-state index in [-0.39, 0.29) is 41.8 Å². The number of rotatable bonds is 8. The third-order valence-electron chi connectivity index (χ3n) is 8.31. The van der Waals surface area contributed by atoms with Crippen LogP contribution in [0.2, 0.25) is 0 Å². The lowest BCUT2D eigenvalue weighted by molar-refractivity contribution is -0.133. The number of fused-ring (bicyclic) bond motifs is 2. The summed E-state index contributed by atoms with van der Waals surface area (Å²) in [6, 6.07) is 5.65. The van der Waals surface area contributed by atoms with E-state index in [9.17, 15) is 24.3 Å². The van der Waals surface area contributed by atoms with Gasteiger partial charge in [-0.15, -0.1) is 0 Å². The van der Waals surface area contributed by atoms with Crippen LogP contribution in [0.15, 0.2) is 24.3 Å². The first-order valence-corrected chi connectivity index (χ1v) is 12.8. The van der Waals surface area contributed by atoms with Gasteiger partial charge in [0.2, 0.25) is 5.91 Å². The van der Waals surface area contributed by atoms with Gasteiger partial charge in [-0.1, -0.05) is 12.5 Å². The number of Topliss-reactive ketones (excluding diaryl/α,β-unsaturated/α-hetero) is 2. The van der Waals surface area contributed by atoms with Crippen molar-refractivity contribution in [1.29, 1.82) is 0 Å². The van der Waals surface area contributed by atoms with Gasteiger partial charge in [0.1, 0.15) is 29.9 Å². The van der Waals surface area contributed by atoms with Crippen molar-refractivity contribution in [2.24, 2.45) is 17.8 Å². The molecule has 3 fully saturated rings. The molecule has 2 aromatic rings. The van der Waals surface area contributed by atoms with Crippen molar-refractivity contribution in [2.75, 3.05) is 20.3 Å². The molecular weight excluding hydrogens is 462 g/mol. The Kier molecular flexibility index (Phi) is 6.83. The Morgan fingerprint density at radius 1 is 1.22 bits per heavy atom. The molecule has 3 N–H and O–H groups in total. The number of ketones is 2. The van der Waals surface area contributed by atoms with Crippen molar-refractivity contribution in [3.05, 3.63) is 30.0 Å². The molecule has 5 atom stereocenters. The minimum Gasteiger partial charge on any atom is -0.496 e. The predicted molar refractivity (Wildman–Crippen MR) is 131 cm³/mol. The maximum absolute atomic E-state index is 13.7. The first-order valence-electron chi connectivity index (χ1n) is 12.8. The Hall–Kier alpha value is -3.20. The molecule has 36 heavy (non-hydrogen) atoms. The van der Waals surface area contributed by atoms with Crippen LogP contribution < -0.4 is 10.1 Å². The lowest BCUT2D eigenvalue weighted by atomic mass is 9.91. The monoisotopic (exact) mass is 495 g/mol. The van der Waals surface area contributed by atoms with Crippen LogP contribution in [0.3, 0.4) is 0 Å². The fourth-order valence-electron chi connectivity index (χ4n) is 6.49. The first kappa shape index (κ1) is 24.5. The van der Waals surface area contributed by atoms with Crippen molar-refractivity contribution in [3.8, 4) is 5.75 Å². The Morgan fingerprint density at radius 3 is 2.78 bits per heavy atom. The number of likely N-dealkylation sites (tertiary alicyclic amines) is 1. The van der Waals surface area contributed by atoms with E-state index >= 15 is 0 Å². The molecule has 0 bridgehead atoms. The summed E-state index contributed by atoms with van der Waals surface area (Å²) in [5.41, 5.74) is 1.15. The topological polar surface area (TPSA) is 129 Å². The molecular formula is C27H33N3O6. The van der Waals surface area contributed by atoms with Crippen molar-refractivity contribution in [1.82, 2.24) is 15.2 Å². The lowest BCUT2D eigenvalue weighted by Crippen LogP contribution is -2.53. The second kappa shape index (κ2) is 10.0. The van der Waals surface area contributed by atoms with Crippen LogP contribution in [0.25, 0.3) is 10.9 Å². The van der Waals surface area contributed by atoms with Crippen LogP contribution in [0.5, 0.6) is 5.75 Å².